The van der Waals surface area contributed by atoms with Gasteiger partial charge in [-0.15, -0.1) is 0 Å². The number of hydrogen-bond acceptors (Lipinski definition) is 5. The van der Waals surface area contributed by atoms with Crippen LogP contribution < -0.4 is 15.4 Å². The number of carbonyl (C=O) groups is 1. The number of nitrogens with zero attached hydrogens (tertiary/aromatic N) is 1. The Morgan fingerprint density at radius 3 is 2.76 bits per heavy atom. The summed E-state index contributed by atoms with van der Waals surface area (Å²) in [4.78, 5) is 22.1. The molecule has 2 N–H and O–H groups in total. The van der Waals surface area contributed by atoms with Gasteiger partial charge >= 0.3 is 0 Å². The van der Waals surface area contributed by atoms with Gasteiger partial charge in [-0.25, -0.2) is 0 Å². The molecule has 0 aliphatic carbocycles. The number of nitro groups is 1. The molecule has 0 saturated heterocycles. The molecule has 0 aromatic heterocycles. The Bertz CT molecular complexity index is 829. The van der Waals surface area contributed by atoms with E-state index in [1.54, 1.807) is 24.3 Å². The fourth-order valence-corrected chi connectivity index (χ4v) is 2.40. The van der Waals surface area contributed by atoms with Gasteiger partial charge in [0.1, 0.15) is 5.75 Å². The van der Waals surface area contributed by atoms with Gasteiger partial charge in [0.15, 0.2) is 11.7 Å². The Kier molecular flexibility index (Phi) is 6.26. The summed E-state index contributed by atoms with van der Waals surface area (Å²) in [6.07, 6.45) is 0. The molecule has 0 fully saturated rings. The Morgan fingerprint density at radius 1 is 1.32 bits per heavy atom. The number of non-ortho nitro benzene ring substituents is 1. The molecule has 2 aromatic rings. The van der Waals surface area contributed by atoms with Crippen molar-refractivity contribution in [2.75, 3.05) is 11.9 Å². The van der Waals surface area contributed by atoms with E-state index in [9.17, 15) is 14.9 Å². The van der Waals surface area contributed by atoms with Crippen molar-refractivity contribution in [3.63, 3.8) is 0 Å². The van der Waals surface area contributed by atoms with Crippen LogP contribution in [0.2, 0.25) is 5.02 Å². The number of aryl methyl sites for hydroxylation is 1. The molecular formula is C16H14ClN3O4S. The maximum atomic E-state index is 11.9. The first-order chi connectivity index (χ1) is 11.8. The minimum atomic E-state index is -0.519. The lowest BCUT2D eigenvalue weighted by atomic mass is 10.2. The number of rotatable bonds is 5. The molecule has 7 nitrogen and oxygen atoms in total. The molecular weight excluding hydrogens is 366 g/mol. The second-order valence-electron chi connectivity index (χ2n) is 5.01. The summed E-state index contributed by atoms with van der Waals surface area (Å²) in [5, 5.41) is 16.5. The number of hydrogen-bond donors (Lipinski definition) is 2. The van der Waals surface area contributed by atoms with Crippen LogP contribution in [0.1, 0.15) is 5.56 Å². The van der Waals surface area contributed by atoms with Crippen molar-refractivity contribution in [3.05, 3.63) is 63.2 Å². The van der Waals surface area contributed by atoms with Crippen LogP contribution in [0.4, 0.5) is 11.4 Å². The van der Waals surface area contributed by atoms with E-state index in [4.69, 9.17) is 28.6 Å². The number of thiocarbonyl (C=S) groups is 1. The second-order valence-corrected chi connectivity index (χ2v) is 5.85. The van der Waals surface area contributed by atoms with Crippen molar-refractivity contribution < 1.29 is 14.5 Å². The molecule has 9 heteroatoms. The highest BCUT2D eigenvalue weighted by Crippen LogP contribution is 2.21. The van der Waals surface area contributed by atoms with Crippen LogP contribution in [-0.2, 0) is 4.79 Å². The summed E-state index contributed by atoms with van der Waals surface area (Å²) >= 11 is 10.9. The maximum Gasteiger partial charge on any atom is 0.271 e. The van der Waals surface area contributed by atoms with Crippen molar-refractivity contribution in [2.45, 2.75) is 6.92 Å². The van der Waals surface area contributed by atoms with E-state index in [1.807, 2.05) is 6.92 Å². The highest BCUT2D eigenvalue weighted by atomic mass is 35.5. The molecule has 0 spiro atoms. The van der Waals surface area contributed by atoms with Gasteiger partial charge in [0.05, 0.1) is 4.92 Å². The Hall–Kier alpha value is -2.71. The number of carbonyl (C=O) groups excluding carboxylic acids is 1. The average Bonchev–Trinajstić information content (AvgIpc) is 2.54. The highest BCUT2D eigenvalue weighted by molar-refractivity contribution is 7.80. The first kappa shape index (κ1) is 18.6. The Labute approximate surface area is 154 Å². The molecule has 2 rings (SSSR count). The SMILES string of the molecule is Cc1cc(Cl)ccc1OCC(=O)NC(=S)Nc1cccc([N+](=O)[O-])c1. The van der Waals surface area contributed by atoms with Crippen LogP contribution in [0, 0.1) is 17.0 Å². The monoisotopic (exact) mass is 379 g/mol. The fourth-order valence-electron chi connectivity index (χ4n) is 1.94. The number of ether oxygens (including phenoxy) is 1. The van der Waals surface area contributed by atoms with E-state index in [0.29, 0.717) is 16.5 Å². The Morgan fingerprint density at radius 2 is 2.08 bits per heavy atom. The van der Waals surface area contributed by atoms with Crippen LogP contribution in [-0.4, -0.2) is 22.5 Å². The van der Waals surface area contributed by atoms with E-state index in [-0.39, 0.29) is 17.4 Å². The minimum Gasteiger partial charge on any atom is -0.483 e. The van der Waals surface area contributed by atoms with Crippen LogP contribution in [0.15, 0.2) is 42.5 Å². The molecule has 2 aromatic carbocycles. The third kappa shape index (κ3) is 5.70. The lowest BCUT2D eigenvalue weighted by molar-refractivity contribution is -0.384. The molecule has 1 amide bonds. The molecule has 0 heterocycles. The zero-order chi connectivity index (χ0) is 18.4. The topological polar surface area (TPSA) is 93.5 Å². The van der Waals surface area contributed by atoms with Gasteiger partial charge in [0.25, 0.3) is 11.6 Å². The minimum absolute atomic E-state index is 0.0157. The number of benzene rings is 2. The molecule has 0 radical (unpaired) electrons. The lowest BCUT2D eigenvalue weighted by Gasteiger charge is -2.11. The van der Waals surface area contributed by atoms with Gasteiger partial charge in [-0.3, -0.25) is 20.2 Å². The summed E-state index contributed by atoms with van der Waals surface area (Å²) in [6.45, 7) is 1.58. The van der Waals surface area contributed by atoms with Crippen LogP contribution >= 0.6 is 23.8 Å². The van der Waals surface area contributed by atoms with Crippen LogP contribution in [0.5, 0.6) is 5.75 Å². The van der Waals surface area contributed by atoms with Crippen LogP contribution in [0.3, 0.4) is 0 Å². The molecule has 130 valence electrons. The molecule has 0 atom stereocenters. The van der Waals surface area contributed by atoms with Gasteiger partial charge in [0.2, 0.25) is 0 Å². The maximum absolute atomic E-state index is 11.9. The largest absolute Gasteiger partial charge is 0.483 e. The average molecular weight is 380 g/mol. The van der Waals surface area contributed by atoms with Gasteiger partial charge in [-0.1, -0.05) is 17.7 Å². The first-order valence-electron chi connectivity index (χ1n) is 7.09. The molecule has 0 bridgehead atoms. The van der Waals surface area contributed by atoms with Gasteiger partial charge in [-0.2, -0.15) is 0 Å². The van der Waals surface area contributed by atoms with E-state index in [2.05, 4.69) is 10.6 Å². The van der Waals surface area contributed by atoms with Crippen molar-refractivity contribution in [3.8, 4) is 5.75 Å². The standard InChI is InChI=1S/C16H14ClN3O4S/c1-10-7-11(17)5-6-14(10)24-9-15(21)19-16(25)18-12-3-2-4-13(8-12)20(22)23/h2-8H,9H2,1H3,(H2,18,19,21,25). The van der Waals surface area contributed by atoms with Crippen molar-refractivity contribution >= 4 is 46.2 Å². The van der Waals surface area contributed by atoms with E-state index < -0.39 is 10.8 Å². The predicted octanol–water partition coefficient (Wildman–Crippen LogP) is 3.45. The van der Waals surface area contributed by atoms with Crippen molar-refractivity contribution in [2.24, 2.45) is 0 Å². The van der Waals surface area contributed by atoms with E-state index in [0.717, 1.165) is 5.56 Å². The molecule has 25 heavy (non-hydrogen) atoms. The first-order valence-corrected chi connectivity index (χ1v) is 7.88. The smallest absolute Gasteiger partial charge is 0.271 e. The summed E-state index contributed by atoms with van der Waals surface area (Å²) in [5.74, 6) is 0.0781. The number of anilines is 1. The molecule has 0 unspecified atom stereocenters. The summed E-state index contributed by atoms with van der Waals surface area (Å²) in [5.41, 5.74) is 1.12. The third-order valence-corrected chi connectivity index (χ3v) is 3.50. The zero-order valence-electron chi connectivity index (χ0n) is 13.1. The van der Waals surface area contributed by atoms with E-state index in [1.165, 1.54) is 18.2 Å². The number of nitro benzene ring substituents is 1. The van der Waals surface area contributed by atoms with Gasteiger partial charge in [0, 0.05) is 22.8 Å². The van der Waals surface area contributed by atoms with E-state index >= 15 is 0 Å². The summed E-state index contributed by atoms with van der Waals surface area (Å²) in [7, 11) is 0. The molecule has 0 aliphatic heterocycles. The van der Waals surface area contributed by atoms with Crippen LogP contribution in [0.25, 0.3) is 0 Å². The summed E-state index contributed by atoms with van der Waals surface area (Å²) in [6, 6.07) is 10.8. The fraction of sp³-hybridized carbons (Fsp3) is 0.125. The van der Waals surface area contributed by atoms with Crippen molar-refractivity contribution in [1.82, 2.24) is 5.32 Å². The normalized spacial score (nSPS) is 10.0. The van der Waals surface area contributed by atoms with Gasteiger partial charge < -0.3 is 10.1 Å². The molecule has 0 saturated carbocycles. The second kappa shape index (κ2) is 8.41. The lowest BCUT2D eigenvalue weighted by Crippen LogP contribution is -2.37. The third-order valence-electron chi connectivity index (χ3n) is 3.06. The number of nitrogens with one attached hydrogen (secondary N) is 2. The molecule has 0 aliphatic rings. The van der Waals surface area contributed by atoms with Gasteiger partial charge in [-0.05, 0) is 49.0 Å². The summed E-state index contributed by atoms with van der Waals surface area (Å²) < 4.78 is 5.41. The number of amides is 1. The Balaban J connectivity index is 1.86. The zero-order valence-corrected chi connectivity index (χ0v) is 14.7. The number of halogens is 1. The van der Waals surface area contributed by atoms with Crippen molar-refractivity contribution in [1.29, 1.82) is 0 Å². The quantitative estimate of drug-likeness (QED) is 0.469. The predicted molar refractivity (Wildman–Crippen MR) is 99.1 cm³/mol. The highest BCUT2D eigenvalue weighted by Gasteiger charge is 2.10.